The Balaban J connectivity index is 1.55. The molecule has 1 amide bonds. The number of aryl methyl sites for hydroxylation is 1. The topological polar surface area (TPSA) is 74.4 Å². The van der Waals surface area contributed by atoms with Crippen molar-refractivity contribution in [2.24, 2.45) is 0 Å². The number of aromatic nitrogens is 3. The maximum Gasteiger partial charge on any atom is 0.244 e. The van der Waals surface area contributed by atoms with Gasteiger partial charge in [0.25, 0.3) is 0 Å². The van der Waals surface area contributed by atoms with E-state index in [0.29, 0.717) is 19.8 Å². The smallest absolute Gasteiger partial charge is 0.244 e. The molecule has 3 heterocycles. The molecule has 0 spiro atoms. The molecule has 138 valence electrons. The van der Waals surface area contributed by atoms with Gasteiger partial charge >= 0.3 is 0 Å². The number of carbonyl (C=O) groups is 1. The number of nitrogens with zero attached hydrogens (tertiary/aromatic N) is 4. The number of pyridine rings is 1. The van der Waals surface area contributed by atoms with Crippen molar-refractivity contribution in [2.75, 3.05) is 33.4 Å². The molecule has 0 saturated carbocycles. The van der Waals surface area contributed by atoms with E-state index in [-0.39, 0.29) is 11.9 Å². The van der Waals surface area contributed by atoms with Gasteiger partial charge in [-0.3, -0.25) is 19.8 Å². The van der Waals surface area contributed by atoms with Gasteiger partial charge in [-0.05, 0) is 36.5 Å². The average Bonchev–Trinajstić information content (AvgIpc) is 3.29. The highest BCUT2D eigenvalue weighted by Gasteiger charge is 2.32. The Hall–Kier alpha value is -2.25. The summed E-state index contributed by atoms with van der Waals surface area (Å²) >= 11 is 0. The second-order valence-electron chi connectivity index (χ2n) is 7.01. The second kappa shape index (κ2) is 7.55. The van der Waals surface area contributed by atoms with Gasteiger partial charge < -0.3 is 9.64 Å². The molecule has 1 fully saturated rings. The van der Waals surface area contributed by atoms with Gasteiger partial charge in [-0.2, -0.15) is 5.10 Å². The second-order valence-corrected chi connectivity index (χ2v) is 7.01. The zero-order valence-corrected chi connectivity index (χ0v) is 15.1. The molecule has 1 saturated heterocycles. The summed E-state index contributed by atoms with van der Waals surface area (Å²) in [5.41, 5.74) is 4.46. The minimum Gasteiger partial charge on any atom is -0.379 e. The number of nitrogens with one attached hydrogen (secondary N) is 1. The van der Waals surface area contributed by atoms with Gasteiger partial charge in [0, 0.05) is 38.2 Å². The summed E-state index contributed by atoms with van der Waals surface area (Å²) in [6.07, 6.45) is 6.81. The van der Waals surface area contributed by atoms with Crippen molar-refractivity contribution in [1.82, 2.24) is 25.0 Å². The van der Waals surface area contributed by atoms with E-state index < -0.39 is 0 Å². The standard InChI is InChI=1S/C19H25N5O2/c1-23(13-17-15-5-2-6-16(15)21-22-17)19(25)18(14-4-3-7-20-12-14)24-8-10-26-11-9-24/h3-4,7,12,18H,2,5-6,8-11,13H2,1H3,(H,21,22)/t18-/m0/s1. The van der Waals surface area contributed by atoms with Crippen molar-refractivity contribution in [3.8, 4) is 0 Å². The lowest BCUT2D eigenvalue weighted by Gasteiger charge is -2.35. The molecule has 2 aromatic heterocycles. The minimum absolute atomic E-state index is 0.0784. The fourth-order valence-corrected chi connectivity index (χ4v) is 3.91. The fourth-order valence-electron chi connectivity index (χ4n) is 3.91. The van der Waals surface area contributed by atoms with E-state index in [1.165, 1.54) is 17.7 Å². The molecule has 0 aromatic carbocycles. The molecule has 7 heteroatoms. The van der Waals surface area contributed by atoms with Crippen molar-refractivity contribution in [1.29, 1.82) is 0 Å². The van der Waals surface area contributed by atoms with Crippen LogP contribution in [-0.4, -0.2) is 64.2 Å². The maximum absolute atomic E-state index is 13.3. The Labute approximate surface area is 153 Å². The Morgan fingerprint density at radius 1 is 1.38 bits per heavy atom. The van der Waals surface area contributed by atoms with Crippen LogP contribution < -0.4 is 0 Å². The zero-order chi connectivity index (χ0) is 17.9. The van der Waals surface area contributed by atoms with E-state index in [0.717, 1.165) is 37.2 Å². The number of rotatable bonds is 5. The molecule has 26 heavy (non-hydrogen) atoms. The molecule has 1 aliphatic heterocycles. The van der Waals surface area contributed by atoms with E-state index >= 15 is 0 Å². The van der Waals surface area contributed by atoms with Crippen LogP contribution in [0, 0.1) is 0 Å². The van der Waals surface area contributed by atoms with Gasteiger partial charge in [-0.25, -0.2) is 0 Å². The third-order valence-electron chi connectivity index (χ3n) is 5.30. The van der Waals surface area contributed by atoms with Crippen LogP contribution in [0.25, 0.3) is 0 Å². The van der Waals surface area contributed by atoms with E-state index in [1.54, 1.807) is 17.3 Å². The van der Waals surface area contributed by atoms with Crippen LogP contribution in [0.15, 0.2) is 24.5 Å². The first kappa shape index (κ1) is 17.2. The number of H-pyrrole nitrogens is 1. The number of fused-ring (bicyclic) bond motifs is 1. The molecule has 2 aromatic rings. The van der Waals surface area contributed by atoms with Gasteiger partial charge in [0.05, 0.1) is 25.5 Å². The molecule has 2 aliphatic rings. The van der Waals surface area contributed by atoms with Crippen LogP contribution in [0.1, 0.15) is 35.0 Å². The number of carbonyl (C=O) groups excluding carboxylic acids is 1. The lowest BCUT2D eigenvalue weighted by atomic mass is 10.0. The molecule has 0 radical (unpaired) electrons. The first-order valence-corrected chi connectivity index (χ1v) is 9.25. The van der Waals surface area contributed by atoms with Crippen LogP contribution in [-0.2, 0) is 28.9 Å². The third kappa shape index (κ3) is 3.37. The lowest BCUT2D eigenvalue weighted by molar-refractivity contribution is -0.138. The molecule has 4 rings (SSSR count). The maximum atomic E-state index is 13.3. The SMILES string of the molecule is CN(Cc1n[nH]c2c1CCC2)C(=O)[C@H](c1cccnc1)N1CCOCC1. The Kier molecular flexibility index (Phi) is 4.99. The van der Waals surface area contributed by atoms with Crippen LogP contribution in [0.3, 0.4) is 0 Å². The molecule has 1 aliphatic carbocycles. The minimum atomic E-state index is -0.329. The van der Waals surface area contributed by atoms with Crippen molar-refractivity contribution in [2.45, 2.75) is 31.8 Å². The van der Waals surface area contributed by atoms with Crippen LogP contribution in [0.2, 0.25) is 0 Å². The average molecular weight is 355 g/mol. The highest BCUT2D eigenvalue weighted by atomic mass is 16.5. The molecular formula is C19H25N5O2. The molecule has 1 atom stereocenters. The number of ether oxygens (including phenoxy) is 1. The summed E-state index contributed by atoms with van der Waals surface area (Å²) in [6, 6.07) is 3.53. The number of hydrogen-bond acceptors (Lipinski definition) is 5. The van der Waals surface area contributed by atoms with Crippen LogP contribution in [0.4, 0.5) is 0 Å². The summed E-state index contributed by atoms with van der Waals surface area (Å²) in [5, 5.41) is 7.57. The third-order valence-corrected chi connectivity index (χ3v) is 5.30. The van der Waals surface area contributed by atoms with Gasteiger partial charge in [0.1, 0.15) is 6.04 Å². The number of amides is 1. The number of hydrogen-bond donors (Lipinski definition) is 1. The summed E-state index contributed by atoms with van der Waals surface area (Å²) < 4.78 is 5.47. The summed E-state index contributed by atoms with van der Waals surface area (Å²) in [7, 11) is 1.86. The Morgan fingerprint density at radius 3 is 3.00 bits per heavy atom. The van der Waals surface area contributed by atoms with E-state index in [1.807, 2.05) is 19.2 Å². The monoisotopic (exact) mass is 355 g/mol. The Bertz CT molecular complexity index is 755. The van der Waals surface area contributed by atoms with Crippen molar-refractivity contribution in [3.05, 3.63) is 47.0 Å². The highest BCUT2D eigenvalue weighted by Crippen LogP contribution is 2.26. The van der Waals surface area contributed by atoms with Crippen molar-refractivity contribution >= 4 is 5.91 Å². The molecule has 1 N–H and O–H groups in total. The fraction of sp³-hybridized carbons (Fsp3) is 0.526. The summed E-state index contributed by atoms with van der Waals surface area (Å²) in [4.78, 5) is 21.5. The van der Waals surface area contributed by atoms with Gasteiger partial charge in [-0.15, -0.1) is 0 Å². The number of likely N-dealkylation sites (N-methyl/N-ethyl adjacent to an activating group) is 1. The van der Waals surface area contributed by atoms with Crippen LogP contribution >= 0.6 is 0 Å². The van der Waals surface area contributed by atoms with Crippen molar-refractivity contribution < 1.29 is 9.53 Å². The molecule has 0 unspecified atom stereocenters. The Morgan fingerprint density at radius 2 is 2.23 bits per heavy atom. The molecular weight excluding hydrogens is 330 g/mol. The van der Waals surface area contributed by atoms with Gasteiger partial charge in [0.2, 0.25) is 5.91 Å². The largest absolute Gasteiger partial charge is 0.379 e. The first-order valence-electron chi connectivity index (χ1n) is 9.25. The van der Waals surface area contributed by atoms with Crippen LogP contribution in [0.5, 0.6) is 0 Å². The summed E-state index contributed by atoms with van der Waals surface area (Å²) in [5.74, 6) is 0.0784. The first-order chi connectivity index (χ1) is 12.7. The number of morpholine rings is 1. The predicted molar refractivity (Wildman–Crippen MR) is 96.5 cm³/mol. The molecule has 0 bridgehead atoms. The summed E-state index contributed by atoms with van der Waals surface area (Å²) in [6.45, 7) is 3.33. The van der Waals surface area contributed by atoms with E-state index in [2.05, 4.69) is 20.1 Å². The van der Waals surface area contributed by atoms with Gasteiger partial charge in [0.15, 0.2) is 0 Å². The lowest BCUT2D eigenvalue weighted by Crippen LogP contribution is -2.46. The number of aromatic amines is 1. The quantitative estimate of drug-likeness (QED) is 0.876. The normalized spacial score (nSPS) is 18.5. The van der Waals surface area contributed by atoms with Crippen molar-refractivity contribution in [3.63, 3.8) is 0 Å². The van der Waals surface area contributed by atoms with E-state index in [4.69, 9.17) is 4.74 Å². The van der Waals surface area contributed by atoms with E-state index in [9.17, 15) is 4.79 Å². The molecule has 7 nitrogen and oxygen atoms in total. The highest BCUT2D eigenvalue weighted by molar-refractivity contribution is 5.83. The predicted octanol–water partition coefficient (Wildman–Crippen LogP) is 1.33. The van der Waals surface area contributed by atoms with Gasteiger partial charge in [-0.1, -0.05) is 6.07 Å². The zero-order valence-electron chi connectivity index (χ0n) is 15.1.